The molecular formula is C10H13N3. The Labute approximate surface area is 77.7 Å². The van der Waals surface area contributed by atoms with E-state index in [0.717, 1.165) is 18.5 Å². The van der Waals surface area contributed by atoms with E-state index in [2.05, 4.69) is 9.98 Å². The zero-order valence-corrected chi connectivity index (χ0v) is 7.70. The molecule has 0 radical (unpaired) electrons. The van der Waals surface area contributed by atoms with E-state index in [1.807, 2.05) is 25.1 Å². The number of aliphatic imine (C=N–C) groups is 1. The van der Waals surface area contributed by atoms with Crippen LogP contribution in [0.15, 0.2) is 29.4 Å². The average Bonchev–Trinajstić information content (AvgIpc) is 2.86. The molecule has 3 heteroatoms. The lowest BCUT2D eigenvalue weighted by Crippen LogP contribution is -2.13. The highest BCUT2D eigenvalue weighted by Gasteiger charge is 2.45. The van der Waals surface area contributed by atoms with Gasteiger partial charge in [-0.25, -0.2) is 0 Å². The Bertz CT molecular complexity index is 321. The topological polar surface area (TPSA) is 51.3 Å². The van der Waals surface area contributed by atoms with Gasteiger partial charge in [-0.3, -0.25) is 9.98 Å². The van der Waals surface area contributed by atoms with Crippen molar-refractivity contribution in [3.8, 4) is 0 Å². The minimum absolute atomic E-state index is 0.0832. The van der Waals surface area contributed by atoms with Crippen LogP contribution < -0.4 is 5.73 Å². The molecule has 1 heterocycles. The average molecular weight is 175 g/mol. The third kappa shape index (κ3) is 1.54. The summed E-state index contributed by atoms with van der Waals surface area (Å²) in [5.41, 5.74) is 6.54. The molecule has 0 atom stereocenters. The van der Waals surface area contributed by atoms with Crippen LogP contribution in [-0.2, 0) is 5.54 Å². The van der Waals surface area contributed by atoms with Crippen molar-refractivity contribution in [1.29, 1.82) is 0 Å². The van der Waals surface area contributed by atoms with Gasteiger partial charge in [-0.1, -0.05) is 6.07 Å². The summed E-state index contributed by atoms with van der Waals surface area (Å²) in [6.45, 7) is 1.82. The van der Waals surface area contributed by atoms with Gasteiger partial charge in [-0.05, 0) is 31.9 Å². The van der Waals surface area contributed by atoms with Gasteiger partial charge in [-0.2, -0.15) is 0 Å². The van der Waals surface area contributed by atoms with Crippen LogP contribution in [0, 0.1) is 0 Å². The van der Waals surface area contributed by atoms with E-state index in [0.29, 0.717) is 5.84 Å². The molecule has 1 fully saturated rings. The van der Waals surface area contributed by atoms with Crippen LogP contribution in [-0.4, -0.2) is 10.8 Å². The van der Waals surface area contributed by atoms with Crippen LogP contribution in [0.25, 0.3) is 0 Å². The second-order valence-corrected chi connectivity index (χ2v) is 3.50. The Hall–Kier alpha value is -1.38. The van der Waals surface area contributed by atoms with E-state index in [1.54, 1.807) is 6.20 Å². The largest absolute Gasteiger partial charge is 0.388 e. The lowest BCUT2D eigenvalue weighted by Gasteiger charge is -2.08. The SMILES string of the molecule is CC(N)=NC1(c2ccccn2)CC1. The third-order valence-electron chi connectivity index (χ3n) is 2.26. The maximum atomic E-state index is 5.58. The highest BCUT2D eigenvalue weighted by Crippen LogP contribution is 2.48. The maximum Gasteiger partial charge on any atom is 0.105 e. The second-order valence-electron chi connectivity index (χ2n) is 3.50. The minimum Gasteiger partial charge on any atom is -0.388 e. The number of amidine groups is 1. The van der Waals surface area contributed by atoms with Crippen molar-refractivity contribution in [2.75, 3.05) is 0 Å². The summed E-state index contributed by atoms with van der Waals surface area (Å²) in [4.78, 5) is 8.73. The molecule has 0 saturated heterocycles. The summed E-state index contributed by atoms with van der Waals surface area (Å²) >= 11 is 0. The third-order valence-corrected chi connectivity index (χ3v) is 2.26. The summed E-state index contributed by atoms with van der Waals surface area (Å²) in [7, 11) is 0. The molecule has 1 aromatic heterocycles. The molecule has 0 aromatic carbocycles. The van der Waals surface area contributed by atoms with Gasteiger partial charge in [0.25, 0.3) is 0 Å². The second kappa shape index (κ2) is 2.83. The van der Waals surface area contributed by atoms with Crippen LogP contribution in [0.2, 0.25) is 0 Å². The molecule has 68 valence electrons. The van der Waals surface area contributed by atoms with E-state index in [4.69, 9.17) is 5.73 Å². The van der Waals surface area contributed by atoms with Gasteiger partial charge in [0.15, 0.2) is 0 Å². The lowest BCUT2D eigenvalue weighted by molar-refractivity contribution is 0.709. The predicted molar refractivity (Wildman–Crippen MR) is 52.4 cm³/mol. The van der Waals surface area contributed by atoms with Gasteiger partial charge in [0.1, 0.15) is 5.54 Å². The van der Waals surface area contributed by atoms with Crippen molar-refractivity contribution < 1.29 is 0 Å². The number of pyridine rings is 1. The monoisotopic (exact) mass is 175 g/mol. The predicted octanol–water partition coefficient (Wildman–Crippen LogP) is 1.45. The van der Waals surface area contributed by atoms with E-state index < -0.39 is 0 Å². The Morgan fingerprint density at radius 1 is 1.54 bits per heavy atom. The summed E-state index contributed by atoms with van der Waals surface area (Å²) in [5, 5.41) is 0. The fraction of sp³-hybridized carbons (Fsp3) is 0.400. The first kappa shape index (κ1) is 8.23. The minimum atomic E-state index is -0.0832. The fourth-order valence-corrected chi connectivity index (χ4v) is 1.52. The standard InChI is InChI=1S/C10H13N3/c1-8(11)13-10(5-6-10)9-4-2-3-7-12-9/h2-4,7H,5-6H2,1H3,(H2,11,13). The fourth-order valence-electron chi connectivity index (χ4n) is 1.52. The number of nitrogens with zero attached hydrogens (tertiary/aromatic N) is 2. The first-order valence-electron chi connectivity index (χ1n) is 4.46. The Balaban J connectivity index is 2.31. The number of aromatic nitrogens is 1. The quantitative estimate of drug-likeness (QED) is 0.546. The summed E-state index contributed by atoms with van der Waals surface area (Å²) in [5.74, 6) is 0.642. The maximum absolute atomic E-state index is 5.58. The van der Waals surface area contributed by atoms with Crippen molar-refractivity contribution in [3.05, 3.63) is 30.1 Å². The normalized spacial score (nSPS) is 19.9. The molecule has 0 bridgehead atoms. The molecule has 1 aliphatic carbocycles. The van der Waals surface area contributed by atoms with Crippen molar-refractivity contribution in [2.24, 2.45) is 10.7 Å². The van der Waals surface area contributed by atoms with Crippen molar-refractivity contribution >= 4 is 5.84 Å². The Kier molecular flexibility index (Phi) is 1.79. The van der Waals surface area contributed by atoms with Gasteiger partial charge in [-0.15, -0.1) is 0 Å². The number of nitrogens with two attached hydrogens (primary N) is 1. The summed E-state index contributed by atoms with van der Waals surface area (Å²) < 4.78 is 0. The molecule has 0 amide bonds. The van der Waals surface area contributed by atoms with Gasteiger partial charge in [0.05, 0.1) is 11.5 Å². The number of hydrogen-bond acceptors (Lipinski definition) is 2. The molecule has 0 aliphatic heterocycles. The van der Waals surface area contributed by atoms with Crippen LogP contribution in [0.4, 0.5) is 0 Å². The van der Waals surface area contributed by atoms with Crippen molar-refractivity contribution in [2.45, 2.75) is 25.3 Å². The molecule has 13 heavy (non-hydrogen) atoms. The molecule has 2 N–H and O–H groups in total. The van der Waals surface area contributed by atoms with Crippen LogP contribution in [0.1, 0.15) is 25.5 Å². The molecule has 2 rings (SSSR count). The first-order chi connectivity index (χ1) is 6.23. The molecule has 0 spiro atoms. The molecular weight excluding hydrogens is 162 g/mol. The van der Waals surface area contributed by atoms with E-state index >= 15 is 0 Å². The lowest BCUT2D eigenvalue weighted by atomic mass is 10.2. The molecule has 3 nitrogen and oxygen atoms in total. The highest BCUT2D eigenvalue weighted by atomic mass is 15.0. The van der Waals surface area contributed by atoms with Crippen LogP contribution >= 0.6 is 0 Å². The Morgan fingerprint density at radius 3 is 2.77 bits per heavy atom. The molecule has 1 aliphatic rings. The Morgan fingerprint density at radius 2 is 2.31 bits per heavy atom. The van der Waals surface area contributed by atoms with Gasteiger partial charge in [0, 0.05) is 6.20 Å². The number of hydrogen-bond donors (Lipinski definition) is 1. The molecule has 0 unspecified atom stereocenters. The number of rotatable bonds is 2. The van der Waals surface area contributed by atoms with E-state index in [1.165, 1.54) is 0 Å². The van der Waals surface area contributed by atoms with Gasteiger partial charge in [0.2, 0.25) is 0 Å². The van der Waals surface area contributed by atoms with Gasteiger partial charge >= 0.3 is 0 Å². The zero-order valence-electron chi connectivity index (χ0n) is 7.70. The summed E-state index contributed by atoms with van der Waals surface area (Å²) in [6.07, 6.45) is 3.94. The van der Waals surface area contributed by atoms with E-state index in [-0.39, 0.29) is 5.54 Å². The molecule has 1 aromatic rings. The van der Waals surface area contributed by atoms with Crippen LogP contribution in [0.5, 0.6) is 0 Å². The summed E-state index contributed by atoms with van der Waals surface area (Å²) in [6, 6.07) is 5.92. The first-order valence-corrected chi connectivity index (χ1v) is 4.46. The van der Waals surface area contributed by atoms with Crippen molar-refractivity contribution in [1.82, 2.24) is 4.98 Å². The smallest absolute Gasteiger partial charge is 0.105 e. The molecule has 1 saturated carbocycles. The zero-order chi connectivity index (χ0) is 9.31. The van der Waals surface area contributed by atoms with Gasteiger partial charge < -0.3 is 5.73 Å². The van der Waals surface area contributed by atoms with E-state index in [9.17, 15) is 0 Å². The van der Waals surface area contributed by atoms with Crippen molar-refractivity contribution in [3.63, 3.8) is 0 Å². The highest BCUT2D eigenvalue weighted by molar-refractivity contribution is 5.78. The van der Waals surface area contributed by atoms with Crippen LogP contribution in [0.3, 0.4) is 0 Å².